The predicted molar refractivity (Wildman–Crippen MR) is 128 cm³/mol. The van der Waals surface area contributed by atoms with E-state index in [1.54, 1.807) is 13.3 Å². The first-order valence-corrected chi connectivity index (χ1v) is 10.7. The summed E-state index contributed by atoms with van der Waals surface area (Å²) >= 11 is 0. The number of hydrogen-bond donors (Lipinski definition) is 3. The maximum atomic E-state index is 6.11. The van der Waals surface area contributed by atoms with Crippen LogP contribution >= 0.6 is 0 Å². The third kappa shape index (κ3) is 3.10. The molecule has 0 radical (unpaired) electrons. The number of aromatic nitrogens is 2. The number of aliphatic imine (C=N–C) groups is 2. The smallest absolute Gasteiger partial charge is 0.141 e. The second kappa shape index (κ2) is 7.71. The van der Waals surface area contributed by atoms with Gasteiger partial charge in [0.25, 0.3) is 0 Å². The molecule has 0 amide bonds. The lowest BCUT2D eigenvalue weighted by Crippen LogP contribution is -2.27. The van der Waals surface area contributed by atoms with Gasteiger partial charge in [-0.2, -0.15) is 0 Å². The van der Waals surface area contributed by atoms with Crippen molar-refractivity contribution in [2.45, 2.75) is 39.8 Å². The highest BCUT2D eigenvalue weighted by atomic mass is 16.5. The van der Waals surface area contributed by atoms with Crippen molar-refractivity contribution in [1.29, 1.82) is 0 Å². The number of ether oxygens (including phenoxy) is 1. The van der Waals surface area contributed by atoms with Crippen molar-refractivity contribution in [2.75, 3.05) is 12.4 Å². The van der Waals surface area contributed by atoms with E-state index in [0.29, 0.717) is 0 Å². The van der Waals surface area contributed by atoms with Gasteiger partial charge in [0.15, 0.2) is 0 Å². The number of nitrogens with two attached hydrogens (primary N) is 1. The molecule has 5 rings (SSSR count). The Bertz CT molecular complexity index is 1320. The highest BCUT2D eigenvalue weighted by Gasteiger charge is 2.29. The van der Waals surface area contributed by atoms with Gasteiger partial charge in [-0.25, -0.2) is 0 Å². The zero-order chi connectivity index (χ0) is 22.4. The molecule has 0 bridgehead atoms. The molecule has 3 aromatic rings. The van der Waals surface area contributed by atoms with E-state index in [1.165, 1.54) is 0 Å². The van der Waals surface area contributed by atoms with Gasteiger partial charge in [0.05, 0.1) is 35.4 Å². The molecule has 2 aliphatic rings. The standard InChI is InChI=1S/C24H26N6O2/c1-12-21(13(2)32-30-12)16-9-19-15(10-20(16)31-4)22-23(27-14(3)28-24(22)29-19)17(11-25)18-7-5-6-8-26-18/h6,8-11,14,28-29H,5,7,25H2,1-4H3/t14-/m1/s1. The van der Waals surface area contributed by atoms with Crippen LogP contribution in [0.15, 0.2) is 50.7 Å². The number of benzene rings is 1. The summed E-state index contributed by atoms with van der Waals surface area (Å²) < 4.78 is 11.2. The Morgan fingerprint density at radius 2 is 2.12 bits per heavy atom. The number of nitrogens with one attached hydrogen (secondary N) is 2. The lowest BCUT2D eigenvalue weighted by molar-refractivity contribution is 0.393. The van der Waals surface area contributed by atoms with Gasteiger partial charge in [-0.05, 0) is 45.7 Å². The largest absolute Gasteiger partial charge is 0.496 e. The fourth-order valence-electron chi connectivity index (χ4n) is 4.53. The zero-order valence-corrected chi connectivity index (χ0v) is 18.6. The summed E-state index contributed by atoms with van der Waals surface area (Å²) in [5.74, 6) is 2.40. The number of methoxy groups -OCH3 is 1. The van der Waals surface area contributed by atoms with Crippen LogP contribution in [0.2, 0.25) is 0 Å². The third-order valence-electron chi connectivity index (χ3n) is 5.95. The Hall–Kier alpha value is -3.81. The third-order valence-corrected chi connectivity index (χ3v) is 5.95. The molecule has 0 aliphatic carbocycles. The van der Waals surface area contributed by atoms with Gasteiger partial charge in [0, 0.05) is 34.4 Å². The Morgan fingerprint density at radius 1 is 1.28 bits per heavy atom. The topological polar surface area (TPSA) is 114 Å². The number of H-pyrrole nitrogens is 1. The summed E-state index contributed by atoms with van der Waals surface area (Å²) in [4.78, 5) is 13.0. The maximum Gasteiger partial charge on any atom is 0.141 e. The lowest BCUT2D eigenvalue weighted by Gasteiger charge is -2.23. The SMILES string of the molecule is COc1cc2c3c([nH]c2cc1-c1c(C)noc1C)N[C@H](C)N=C3C(=CN)C1=NC=CCC1. The molecule has 0 unspecified atom stereocenters. The van der Waals surface area contributed by atoms with Gasteiger partial charge in [0.2, 0.25) is 0 Å². The van der Waals surface area contributed by atoms with E-state index in [2.05, 4.69) is 32.6 Å². The molecule has 8 heteroatoms. The van der Waals surface area contributed by atoms with E-state index in [0.717, 1.165) is 80.5 Å². The molecule has 1 atom stereocenters. The van der Waals surface area contributed by atoms with Crippen LogP contribution in [0.3, 0.4) is 0 Å². The molecule has 0 spiro atoms. The summed E-state index contributed by atoms with van der Waals surface area (Å²) in [7, 11) is 1.67. The van der Waals surface area contributed by atoms with Gasteiger partial charge >= 0.3 is 0 Å². The molecular weight excluding hydrogens is 404 g/mol. The second-order valence-electron chi connectivity index (χ2n) is 8.05. The van der Waals surface area contributed by atoms with E-state index < -0.39 is 0 Å². The van der Waals surface area contributed by atoms with Crippen LogP contribution in [-0.2, 0) is 0 Å². The molecule has 0 saturated heterocycles. The molecule has 1 aromatic carbocycles. The number of rotatable bonds is 4. The first-order chi connectivity index (χ1) is 15.5. The minimum absolute atomic E-state index is 0.107. The zero-order valence-electron chi connectivity index (χ0n) is 18.6. The number of aromatic amines is 1. The monoisotopic (exact) mass is 430 g/mol. The fraction of sp³-hybridized carbons (Fsp3) is 0.292. The van der Waals surface area contributed by atoms with Crippen LogP contribution < -0.4 is 15.8 Å². The van der Waals surface area contributed by atoms with Gasteiger partial charge in [-0.3, -0.25) is 9.98 Å². The second-order valence-corrected chi connectivity index (χ2v) is 8.05. The summed E-state index contributed by atoms with van der Waals surface area (Å²) in [6.07, 6.45) is 7.17. The quantitative estimate of drug-likeness (QED) is 0.560. The van der Waals surface area contributed by atoms with Crippen molar-refractivity contribution in [2.24, 2.45) is 15.7 Å². The first-order valence-electron chi connectivity index (χ1n) is 10.7. The van der Waals surface area contributed by atoms with Crippen LogP contribution in [0.25, 0.3) is 22.0 Å². The molecule has 0 fully saturated rings. The number of allylic oxidation sites excluding steroid dienone is 2. The summed E-state index contributed by atoms with van der Waals surface area (Å²) in [5.41, 5.74) is 13.4. The number of fused-ring (bicyclic) bond motifs is 3. The summed E-state index contributed by atoms with van der Waals surface area (Å²) in [6.45, 7) is 5.85. The van der Waals surface area contributed by atoms with Crippen LogP contribution in [-0.4, -0.2) is 34.8 Å². The Kier molecular flexibility index (Phi) is 4.84. The normalized spacial score (nSPS) is 18.2. The minimum Gasteiger partial charge on any atom is -0.496 e. The fourth-order valence-corrected chi connectivity index (χ4v) is 4.53. The predicted octanol–water partition coefficient (Wildman–Crippen LogP) is 4.60. The number of hydrogen-bond acceptors (Lipinski definition) is 7. The molecule has 4 N–H and O–H groups in total. The Morgan fingerprint density at radius 3 is 2.78 bits per heavy atom. The molecule has 8 nitrogen and oxygen atoms in total. The summed E-state index contributed by atoms with van der Waals surface area (Å²) in [6, 6.07) is 4.12. The molecule has 0 saturated carbocycles. The van der Waals surface area contributed by atoms with E-state index in [4.69, 9.17) is 20.0 Å². The van der Waals surface area contributed by atoms with Crippen molar-refractivity contribution in [3.8, 4) is 16.9 Å². The molecule has 4 heterocycles. The van der Waals surface area contributed by atoms with Crippen molar-refractivity contribution < 1.29 is 9.26 Å². The highest BCUT2D eigenvalue weighted by Crippen LogP contribution is 2.41. The average Bonchev–Trinajstić information content (AvgIpc) is 3.32. The highest BCUT2D eigenvalue weighted by molar-refractivity contribution is 6.35. The van der Waals surface area contributed by atoms with Gasteiger partial charge in [-0.1, -0.05) is 11.2 Å². The van der Waals surface area contributed by atoms with Crippen molar-refractivity contribution in [3.63, 3.8) is 0 Å². The van der Waals surface area contributed by atoms with Crippen molar-refractivity contribution in [1.82, 2.24) is 10.1 Å². The van der Waals surface area contributed by atoms with Gasteiger partial charge in [0.1, 0.15) is 23.5 Å². The van der Waals surface area contributed by atoms with Crippen LogP contribution in [0.4, 0.5) is 5.82 Å². The number of aryl methyl sites for hydroxylation is 2. The van der Waals surface area contributed by atoms with Crippen LogP contribution in [0.1, 0.15) is 36.8 Å². The van der Waals surface area contributed by atoms with Crippen LogP contribution in [0, 0.1) is 13.8 Å². The molecule has 2 aliphatic heterocycles. The van der Waals surface area contributed by atoms with Crippen LogP contribution in [0.5, 0.6) is 5.75 Å². The van der Waals surface area contributed by atoms with E-state index >= 15 is 0 Å². The molecule has 32 heavy (non-hydrogen) atoms. The van der Waals surface area contributed by atoms with E-state index in [1.807, 2.05) is 33.0 Å². The first kappa shape index (κ1) is 20.1. The average molecular weight is 431 g/mol. The van der Waals surface area contributed by atoms with Crippen molar-refractivity contribution >= 4 is 28.1 Å². The summed E-state index contributed by atoms with van der Waals surface area (Å²) in [5, 5.41) is 8.54. The molecular formula is C24H26N6O2. The van der Waals surface area contributed by atoms with Gasteiger partial charge in [-0.15, -0.1) is 0 Å². The molecule has 164 valence electrons. The Balaban J connectivity index is 1.73. The Labute approximate surface area is 185 Å². The van der Waals surface area contributed by atoms with Crippen molar-refractivity contribution in [3.05, 3.63) is 53.2 Å². The minimum atomic E-state index is -0.107. The van der Waals surface area contributed by atoms with Gasteiger partial charge < -0.3 is 25.3 Å². The number of anilines is 1. The van der Waals surface area contributed by atoms with E-state index in [-0.39, 0.29) is 6.17 Å². The molecule has 2 aromatic heterocycles. The van der Waals surface area contributed by atoms with E-state index in [9.17, 15) is 0 Å². The lowest BCUT2D eigenvalue weighted by atomic mass is 9.93. The maximum absolute atomic E-state index is 6.11. The number of nitrogens with zero attached hydrogens (tertiary/aromatic N) is 3.